The van der Waals surface area contributed by atoms with E-state index in [2.05, 4.69) is 0 Å². The van der Waals surface area contributed by atoms with Crippen molar-refractivity contribution in [2.45, 2.75) is 31.6 Å². The van der Waals surface area contributed by atoms with Gasteiger partial charge in [0.25, 0.3) is 0 Å². The third-order valence-electron chi connectivity index (χ3n) is 4.86. The van der Waals surface area contributed by atoms with Crippen LogP contribution in [0, 0.1) is 0 Å². The van der Waals surface area contributed by atoms with Gasteiger partial charge in [-0.05, 0) is 18.9 Å². The number of Topliss-reactive ketones (excluding diaryl/α,β-unsaturated/α-hetero) is 1. The van der Waals surface area contributed by atoms with Crippen molar-refractivity contribution in [3.8, 4) is 11.5 Å². The van der Waals surface area contributed by atoms with Crippen LogP contribution in [0.3, 0.4) is 0 Å². The number of carbonyl (C=O) groups excluding carboxylic acids is 2. The summed E-state index contributed by atoms with van der Waals surface area (Å²) in [6.45, 7) is 0. The van der Waals surface area contributed by atoms with E-state index in [0.717, 1.165) is 29.7 Å². The highest BCUT2D eigenvalue weighted by Gasteiger charge is 2.40. The van der Waals surface area contributed by atoms with Gasteiger partial charge in [0.2, 0.25) is 5.91 Å². The van der Waals surface area contributed by atoms with Crippen molar-refractivity contribution >= 4 is 11.7 Å². The van der Waals surface area contributed by atoms with Gasteiger partial charge in [-0.15, -0.1) is 0 Å². The first-order valence-corrected chi connectivity index (χ1v) is 8.46. The van der Waals surface area contributed by atoms with Crippen molar-refractivity contribution in [2.24, 2.45) is 0 Å². The van der Waals surface area contributed by atoms with Crippen LogP contribution in [0.4, 0.5) is 0 Å². The average Bonchev–Trinajstić information content (AvgIpc) is 2.60. The molecule has 1 heterocycles. The van der Waals surface area contributed by atoms with E-state index in [9.17, 15) is 9.59 Å². The summed E-state index contributed by atoms with van der Waals surface area (Å²) in [5, 5.41) is 3.41. The molecule has 0 aromatic heterocycles. The van der Waals surface area contributed by atoms with E-state index >= 15 is 0 Å². The highest BCUT2D eigenvalue weighted by atomic mass is 16.5. The van der Waals surface area contributed by atoms with Gasteiger partial charge < -0.3 is 9.47 Å². The van der Waals surface area contributed by atoms with Gasteiger partial charge in [-0.25, -0.2) is 10.0 Å². The third-order valence-corrected chi connectivity index (χ3v) is 4.86. The van der Waals surface area contributed by atoms with Gasteiger partial charge in [0, 0.05) is 55.8 Å². The predicted octanol–water partition coefficient (Wildman–Crippen LogP) is 2.50. The topological polar surface area (TPSA) is 59.1 Å². The zero-order chi connectivity index (χ0) is 18.1. The standard InChI is InChI=1S/C19H24N2O4/c1-20(2)21-15-6-5-7-16(22)19(15)14(11-18(21)23)13-9-8-12(24-3)10-17(13)25-4/h8-10,14H,5-7,11H2,1-4H3. The Hall–Kier alpha value is -2.34. The molecule has 0 N–H and O–H groups in total. The van der Waals surface area contributed by atoms with Crippen LogP contribution in [0.5, 0.6) is 11.5 Å². The molecule has 3 rings (SSSR count). The number of ketones is 1. The lowest BCUT2D eigenvalue weighted by Crippen LogP contribution is -2.47. The summed E-state index contributed by atoms with van der Waals surface area (Å²) >= 11 is 0. The molecule has 2 aliphatic rings. The normalized spacial score (nSPS) is 20.8. The molecule has 134 valence electrons. The summed E-state index contributed by atoms with van der Waals surface area (Å²) in [7, 11) is 6.84. The molecule has 0 saturated carbocycles. The number of ether oxygens (including phenoxy) is 2. The zero-order valence-electron chi connectivity index (χ0n) is 15.2. The lowest BCUT2D eigenvalue weighted by Gasteiger charge is -2.41. The van der Waals surface area contributed by atoms with Crippen molar-refractivity contribution < 1.29 is 19.1 Å². The fourth-order valence-electron chi connectivity index (χ4n) is 3.81. The van der Waals surface area contributed by atoms with Crippen LogP contribution in [0.2, 0.25) is 0 Å². The lowest BCUT2D eigenvalue weighted by molar-refractivity contribution is -0.143. The molecule has 0 radical (unpaired) electrons. The summed E-state index contributed by atoms with van der Waals surface area (Å²) in [6, 6.07) is 5.54. The Labute approximate surface area is 148 Å². The second-order valence-electron chi connectivity index (χ2n) is 6.55. The number of nitrogens with zero attached hydrogens (tertiary/aromatic N) is 2. The van der Waals surface area contributed by atoms with E-state index in [0.29, 0.717) is 17.9 Å². The monoisotopic (exact) mass is 344 g/mol. The molecule has 1 amide bonds. The number of benzene rings is 1. The summed E-state index contributed by atoms with van der Waals surface area (Å²) in [6.07, 6.45) is 2.30. The number of hydrogen-bond acceptors (Lipinski definition) is 5. The molecule has 1 aromatic carbocycles. The molecule has 1 atom stereocenters. The van der Waals surface area contributed by atoms with Gasteiger partial charge in [0.15, 0.2) is 5.78 Å². The number of hydrazine groups is 1. The van der Waals surface area contributed by atoms with Crippen LogP contribution in [0.25, 0.3) is 0 Å². The predicted molar refractivity (Wildman–Crippen MR) is 93.3 cm³/mol. The molecule has 0 bridgehead atoms. The van der Waals surface area contributed by atoms with Crippen LogP contribution in [0.15, 0.2) is 29.5 Å². The summed E-state index contributed by atoms with van der Waals surface area (Å²) in [5.41, 5.74) is 2.45. The Morgan fingerprint density at radius 2 is 1.88 bits per heavy atom. The van der Waals surface area contributed by atoms with E-state index < -0.39 is 0 Å². The molecular formula is C19H24N2O4. The van der Waals surface area contributed by atoms with Crippen LogP contribution in [-0.4, -0.2) is 50.0 Å². The number of allylic oxidation sites excluding steroid dienone is 2. The second kappa shape index (κ2) is 6.88. The zero-order valence-corrected chi connectivity index (χ0v) is 15.2. The molecule has 1 aliphatic carbocycles. The second-order valence-corrected chi connectivity index (χ2v) is 6.55. The summed E-state index contributed by atoms with van der Waals surface area (Å²) in [4.78, 5) is 25.5. The Balaban J connectivity index is 2.14. The van der Waals surface area contributed by atoms with Crippen molar-refractivity contribution in [2.75, 3.05) is 28.3 Å². The number of rotatable bonds is 4. The first-order valence-electron chi connectivity index (χ1n) is 8.46. The van der Waals surface area contributed by atoms with E-state index in [1.54, 1.807) is 30.3 Å². The summed E-state index contributed by atoms with van der Waals surface area (Å²) < 4.78 is 10.8. The van der Waals surface area contributed by atoms with Crippen molar-refractivity contribution in [3.05, 3.63) is 35.0 Å². The van der Waals surface area contributed by atoms with Gasteiger partial charge >= 0.3 is 0 Å². The third kappa shape index (κ3) is 3.02. The first-order chi connectivity index (χ1) is 12.0. The molecule has 1 unspecified atom stereocenters. The number of hydrogen-bond donors (Lipinski definition) is 0. The van der Waals surface area contributed by atoms with Gasteiger partial charge in [0.05, 0.1) is 14.2 Å². The van der Waals surface area contributed by atoms with Gasteiger partial charge in [0.1, 0.15) is 11.5 Å². The van der Waals surface area contributed by atoms with E-state index in [1.807, 2.05) is 26.2 Å². The van der Waals surface area contributed by atoms with Crippen LogP contribution >= 0.6 is 0 Å². The van der Waals surface area contributed by atoms with E-state index in [-0.39, 0.29) is 24.0 Å². The molecule has 1 aromatic rings. The molecule has 6 nitrogen and oxygen atoms in total. The van der Waals surface area contributed by atoms with Crippen molar-refractivity contribution in [3.63, 3.8) is 0 Å². The lowest BCUT2D eigenvalue weighted by atomic mass is 9.77. The van der Waals surface area contributed by atoms with Crippen LogP contribution in [-0.2, 0) is 9.59 Å². The minimum Gasteiger partial charge on any atom is -0.497 e. The highest BCUT2D eigenvalue weighted by molar-refractivity contribution is 6.01. The van der Waals surface area contributed by atoms with Gasteiger partial charge in [-0.3, -0.25) is 9.59 Å². The largest absolute Gasteiger partial charge is 0.497 e. The van der Waals surface area contributed by atoms with E-state index in [1.165, 1.54) is 0 Å². The Morgan fingerprint density at radius 1 is 1.12 bits per heavy atom. The number of methoxy groups -OCH3 is 2. The molecule has 0 spiro atoms. The quantitative estimate of drug-likeness (QED) is 0.840. The van der Waals surface area contributed by atoms with E-state index in [4.69, 9.17) is 9.47 Å². The molecule has 25 heavy (non-hydrogen) atoms. The first kappa shape index (κ1) is 17.5. The molecule has 1 aliphatic heterocycles. The molecule has 0 saturated heterocycles. The van der Waals surface area contributed by atoms with Crippen LogP contribution < -0.4 is 9.47 Å². The maximum Gasteiger partial charge on any atom is 0.242 e. The number of amides is 1. The smallest absolute Gasteiger partial charge is 0.242 e. The Morgan fingerprint density at radius 3 is 2.52 bits per heavy atom. The fourth-order valence-corrected chi connectivity index (χ4v) is 3.81. The maximum atomic E-state index is 12.8. The highest BCUT2D eigenvalue weighted by Crippen LogP contribution is 2.45. The van der Waals surface area contributed by atoms with Crippen molar-refractivity contribution in [1.82, 2.24) is 10.0 Å². The molecular weight excluding hydrogens is 320 g/mol. The summed E-state index contributed by atoms with van der Waals surface area (Å²) in [5.74, 6) is 1.18. The van der Waals surface area contributed by atoms with Gasteiger partial charge in [-0.2, -0.15) is 0 Å². The minimum atomic E-state index is -0.271. The number of carbonyl (C=O) groups is 2. The minimum absolute atomic E-state index is 0.00122. The molecule has 6 heteroatoms. The van der Waals surface area contributed by atoms with Crippen LogP contribution in [0.1, 0.15) is 37.2 Å². The SMILES string of the molecule is COc1ccc(C2CC(=O)N(N(C)C)C3=C2C(=O)CCC3)c(OC)c1. The maximum absolute atomic E-state index is 12.8. The molecule has 0 fully saturated rings. The fraction of sp³-hybridized carbons (Fsp3) is 0.474. The van der Waals surface area contributed by atoms with Crippen molar-refractivity contribution in [1.29, 1.82) is 0 Å². The van der Waals surface area contributed by atoms with Gasteiger partial charge in [-0.1, -0.05) is 6.07 Å². The average molecular weight is 344 g/mol. The Kier molecular flexibility index (Phi) is 4.81. The Bertz CT molecular complexity index is 739.